The maximum Gasteiger partial charge on any atom is 0.123 e. The Balaban J connectivity index is 1.82. The number of piperazine rings is 1. The molecule has 1 aromatic carbocycles. The summed E-state index contributed by atoms with van der Waals surface area (Å²) in [5.41, 5.74) is 4.30. The molecule has 2 aliphatic heterocycles. The number of rotatable bonds is 3. The van der Waals surface area contributed by atoms with E-state index in [1.807, 2.05) is 0 Å². The predicted molar refractivity (Wildman–Crippen MR) is 90.5 cm³/mol. The molecule has 1 saturated heterocycles. The fourth-order valence-electron chi connectivity index (χ4n) is 3.59. The highest BCUT2D eigenvalue weighted by molar-refractivity contribution is 5.45. The predicted octanol–water partition coefficient (Wildman–Crippen LogP) is 1.99. The van der Waals surface area contributed by atoms with E-state index in [2.05, 4.69) is 47.9 Å². The highest BCUT2D eigenvalue weighted by Gasteiger charge is 2.24. The van der Waals surface area contributed by atoms with Crippen LogP contribution in [-0.2, 0) is 13.0 Å². The lowest BCUT2D eigenvalue weighted by Gasteiger charge is -2.35. The molecule has 3 rings (SSSR count). The van der Waals surface area contributed by atoms with E-state index in [1.165, 1.54) is 16.7 Å². The topological polar surface area (TPSA) is 19.0 Å². The molecule has 4 nitrogen and oxygen atoms in total. The summed E-state index contributed by atoms with van der Waals surface area (Å²) in [6, 6.07) is 5.16. The van der Waals surface area contributed by atoms with Gasteiger partial charge in [-0.15, -0.1) is 0 Å². The van der Waals surface area contributed by atoms with Gasteiger partial charge in [-0.05, 0) is 44.6 Å². The minimum atomic E-state index is 0.482. The Morgan fingerprint density at radius 2 is 1.82 bits per heavy atom. The Labute approximate surface area is 134 Å². The van der Waals surface area contributed by atoms with Gasteiger partial charge in [-0.2, -0.15) is 0 Å². The fourth-order valence-corrected chi connectivity index (χ4v) is 3.59. The molecule has 4 heteroatoms. The van der Waals surface area contributed by atoms with E-state index in [9.17, 15) is 0 Å². The first kappa shape index (κ1) is 15.8. The van der Waals surface area contributed by atoms with Crippen LogP contribution in [0.25, 0.3) is 0 Å². The van der Waals surface area contributed by atoms with Crippen molar-refractivity contribution < 1.29 is 4.74 Å². The van der Waals surface area contributed by atoms with Crippen LogP contribution in [0.3, 0.4) is 0 Å². The summed E-state index contributed by atoms with van der Waals surface area (Å²) >= 11 is 0. The van der Waals surface area contributed by atoms with Crippen LogP contribution in [0.5, 0.6) is 5.75 Å². The average molecular weight is 303 g/mol. The van der Waals surface area contributed by atoms with Gasteiger partial charge in [0.1, 0.15) is 5.75 Å². The van der Waals surface area contributed by atoms with Gasteiger partial charge in [0.15, 0.2) is 0 Å². The maximum absolute atomic E-state index is 5.70. The van der Waals surface area contributed by atoms with Crippen molar-refractivity contribution in [1.82, 2.24) is 14.7 Å². The summed E-state index contributed by atoms with van der Waals surface area (Å²) in [7, 11) is 6.21. The summed E-state index contributed by atoms with van der Waals surface area (Å²) < 4.78 is 5.70. The first-order valence-electron chi connectivity index (χ1n) is 8.39. The van der Waals surface area contributed by atoms with Crippen molar-refractivity contribution in [3.05, 3.63) is 28.8 Å². The molecule has 2 aliphatic rings. The number of hydrogen-bond donors (Lipinski definition) is 0. The van der Waals surface area contributed by atoms with Crippen LogP contribution in [0.4, 0.5) is 0 Å². The number of ether oxygens (including phenoxy) is 1. The number of likely N-dealkylation sites (N-methyl/N-ethyl adjacent to an activating group) is 2. The van der Waals surface area contributed by atoms with Crippen LogP contribution >= 0.6 is 0 Å². The van der Waals surface area contributed by atoms with Crippen LogP contribution < -0.4 is 4.74 Å². The summed E-state index contributed by atoms with van der Waals surface area (Å²) in [5, 5.41) is 0. The molecule has 0 saturated carbocycles. The third kappa shape index (κ3) is 3.14. The minimum Gasteiger partial charge on any atom is -0.496 e. The van der Waals surface area contributed by atoms with E-state index in [-0.39, 0.29) is 0 Å². The second-order valence-corrected chi connectivity index (χ2v) is 6.85. The van der Waals surface area contributed by atoms with E-state index < -0.39 is 0 Å². The van der Waals surface area contributed by atoms with Crippen LogP contribution in [0.15, 0.2) is 12.1 Å². The van der Waals surface area contributed by atoms with Gasteiger partial charge in [0.2, 0.25) is 0 Å². The first-order valence-corrected chi connectivity index (χ1v) is 8.39. The number of fused-ring (bicyclic) bond motifs is 1. The molecular weight excluding hydrogens is 274 g/mol. The van der Waals surface area contributed by atoms with Gasteiger partial charge < -0.3 is 9.64 Å². The molecule has 0 bridgehead atoms. The summed E-state index contributed by atoms with van der Waals surface area (Å²) in [6.07, 6.45) is 1.15. The molecular formula is C18H29N3O. The standard InChI is InChI=1S/C18H29N3O/c1-14-17-12-18(22-4)16(11-15(17)5-6-20(14)3)13-21-9-7-19(2)8-10-21/h11-12,14H,5-10,13H2,1-4H3. The van der Waals surface area contributed by atoms with Gasteiger partial charge in [-0.1, -0.05) is 6.07 Å². The lowest BCUT2D eigenvalue weighted by Crippen LogP contribution is -2.44. The van der Waals surface area contributed by atoms with E-state index >= 15 is 0 Å². The molecule has 1 aromatic rings. The van der Waals surface area contributed by atoms with E-state index in [4.69, 9.17) is 4.74 Å². The van der Waals surface area contributed by atoms with Crippen molar-refractivity contribution in [2.75, 3.05) is 53.9 Å². The maximum atomic E-state index is 5.70. The zero-order valence-electron chi connectivity index (χ0n) is 14.4. The Morgan fingerprint density at radius 1 is 1.09 bits per heavy atom. The molecule has 2 heterocycles. The lowest BCUT2D eigenvalue weighted by atomic mass is 9.91. The summed E-state index contributed by atoms with van der Waals surface area (Å²) in [6.45, 7) is 9.07. The molecule has 0 N–H and O–H groups in total. The molecule has 0 radical (unpaired) electrons. The largest absolute Gasteiger partial charge is 0.496 e. The van der Waals surface area contributed by atoms with Crippen molar-refractivity contribution in [1.29, 1.82) is 0 Å². The molecule has 22 heavy (non-hydrogen) atoms. The van der Waals surface area contributed by atoms with Gasteiger partial charge in [-0.3, -0.25) is 9.80 Å². The van der Waals surface area contributed by atoms with Gasteiger partial charge >= 0.3 is 0 Å². The van der Waals surface area contributed by atoms with E-state index in [1.54, 1.807) is 7.11 Å². The van der Waals surface area contributed by atoms with Gasteiger partial charge in [0.25, 0.3) is 0 Å². The molecule has 1 unspecified atom stereocenters. The Kier molecular flexibility index (Phi) is 4.71. The molecule has 0 aliphatic carbocycles. The smallest absolute Gasteiger partial charge is 0.123 e. The van der Waals surface area contributed by atoms with Crippen molar-refractivity contribution in [2.24, 2.45) is 0 Å². The second kappa shape index (κ2) is 6.57. The quantitative estimate of drug-likeness (QED) is 0.850. The number of methoxy groups -OCH3 is 1. The molecule has 1 fully saturated rings. The highest BCUT2D eigenvalue weighted by Crippen LogP contribution is 2.34. The molecule has 0 amide bonds. The van der Waals surface area contributed by atoms with Gasteiger partial charge in [-0.25, -0.2) is 0 Å². The van der Waals surface area contributed by atoms with Crippen molar-refractivity contribution in [2.45, 2.75) is 25.9 Å². The highest BCUT2D eigenvalue weighted by atomic mass is 16.5. The first-order chi connectivity index (χ1) is 10.6. The number of benzene rings is 1. The third-order valence-corrected chi connectivity index (χ3v) is 5.38. The van der Waals surface area contributed by atoms with Crippen molar-refractivity contribution in [3.63, 3.8) is 0 Å². The normalized spacial score (nSPS) is 24.3. The van der Waals surface area contributed by atoms with E-state index in [0.717, 1.165) is 51.4 Å². The fraction of sp³-hybridized carbons (Fsp3) is 0.667. The number of nitrogens with zero attached hydrogens (tertiary/aromatic N) is 3. The van der Waals surface area contributed by atoms with Gasteiger partial charge in [0.05, 0.1) is 7.11 Å². The zero-order chi connectivity index (χ0) is 15.7. The molecule has 0 spiro atoms. The minimum absolute atomic E-state index is 0.482. The van der Waals surface area contributed by atoms with Crippen LogP contribution in [0, 0.1) is 0 Å². The van der Waals surface area contributed by atoms with Crippen LogP contribution in [0.1, 0.15) is 29.7 Å². The summed E-state index contributed by atoms with van der Waals surface area (Å²) in [5.74, 6) is 1.06. The number of hydrogen-bond acceptors (Lipinski definition) is 4. The Morgan fingerprint density at radius 3 is 2.50 bits per heavy atom. The Bertz CT molecular complexity index is 523. The van der Waals surface area contributed by atoms with Crippen LogP contribution in [0.2, 0.25) is 0 Å². The molecule has 0 aromatic heterocycles. The molecule has 122 valence electrons. The molecule has 1 atom stereocenters. The monoisotopic (exact) mass is 303 g/mol. The lowest BCUT2D eigenvalue weighted by molar-refractivity contribution is 0.147. The SMILES string of the molecule is COc1cc2c(cc1CN1CCN(C)CC1)CCN(C)C2C. The Hall–Kier alpha value is -1.10. The van der Waals surface area contributed by atoms with Crippen molar-refractivity contribution >= 4 is 0 Å². The van der Waals surface area contributed by atoms with Crippen molar-refractivity contribution in [3.8, 4) is 5.75 Å². The average Bonchev–Trinajstić information content (AvgIpc) is 2.53. The zero-order valence-corrected chi connectivity index (χ0v) is 14.4. The second-order valence-electron chi connectivity index (χ2n) is 6.85. The third-order valence-electron chi connectivity index (χ3n) is 5.38. The van der Waals surface area contributed by atoms with Gasteiger partial charge in [0, 0.05) is 50.9 Å². The van der Waals surface area contributed by atoms with E-state index in [0.29, 0.717) is 6.04 Å². The van der Waals surface area contributed by atoms with Crippen LogP contribution in [-0.4, -0.2) is 68.6 Å². The summed E-state index contributed by atoms with van der Waals surface area (Å²) in [4.78, 5) is 7.36.